The molecule has 6 nitrogen and oxygen atoms in total. The van der Waals surface area contributed by atoms with Crippen LogP contribution in [-0.2, 0) is 4.79 Å². The number of Topliss-reactive ketones (excluding diaryl/α,β-unsaturated/α-hetero) is 1. The number of H-pyrrole nitrogens is 1. The van der Waals surface area contributed by atoms with Crippen molar-refractivity contribution in [2.24, 2.45) is 0 Å². The van der Waals surface area contributed by atoms with Crippen molar-refractivity contribution in [2.75, 3.05) is 12.4 Å². The van der Waals surface area contributed by atoms with E-state index in [1.54, 1.807) is 7.11 Å². The van der Waals surface area contributed by atoms with E-state index in [1.807, 2.05) is 54.7 Å². The molecule has 5 aromatic rings. The average Bonchev–Trinajstić information content (AvgIpc) is 3.48. The summed E-state index contributed by atoms with van der Waals surface area (Å²) in [6.45, 7) is 0. The van der Waals surface area contributed by atoms with Gasteiger partial charge in [-0.1, -0.05) is 48.5 Å². The predicted octanol–water partition coefficient (Wildman–Crippen LogP) is 5.94. The number of rotatable bonds is 3. The van der Waals surface area contributed by atoms with Gasteiger partial charge < -0.3 is 15.0 Å². The molecule has 0 bridgehead atoms. The van der Waals surface area contributed by atoms with Crippen molar-refractivity contribution in [3.8, 4) is 5.75 Å². The minimum atomic E-state index is -0.254. The van der Waals surface area contributed by atoms with Crippen LogP contribution < -0.4 is 10.1 Å². The van der Waals surface area contributed by atoms with E-state index in [1.165, 1.54) is 0 Å². The molecule has 0 fully saturated rings. The van der Waals surface area contributed by atoms with Crippen molar-refractivity contribution in [1.82, 2.24) is 14.5 Å². The Morgan fingerprint density at radius 2 is 1.74 bits per heavy atom. The van der Waals surface area contributed by atoms with Crippen LogP contribution in [0, 0.1) is 0 Å². The van der Waals surface area contributed by atoms with Crippen LogP contribution in [0.4, 0.5) is 5.95 Å². The number of aromatic nitrogens is 3. The van der Waals surface area contributed by atoms with Crippen molar-refractivity contribution in [3.63, 3.8) is 0 Å². The summed E-state index contributed by atoms with van der Waals surface area (Å²) in [5.41, 5.74) is 6.92. The van der Waals surface area contributed by atoms with E-state index < -0.39 is 0 Å². The number of benzene rings is 3. The molecular weight excluding hydrogens is 436 g/mol. The van der Waals surface area contributed by atoms with Crippen molar-refractivity contribution < 1.29 is 9.53 Å². The second-order valence-corrected chi connectivity index (χ2v) is 9.27. The zero-order chi connectivity index (χ0) is 23.5. The largest absolute Gasteiger partial charge is 0.496 e. The number of anilines is 1. The second-order valence-electron chi connectivity index (χ2n) is 9.27. The van der Waals surface area contributed by atoms with Crippen LogP contribution in [-0.4, -0.2) is 27.4 Å². The second kappa shape index (κ2) is 7.60. The summed E-state index contributed by atoms with van der Waals surface area (Å²) in [5.74, 6) is 1.80. The summed E-state index contributed by atoms with van der Waals surface area (Å²) < 4.78 is 7.81. The molecule has 1 aliphatic carbocycles. The highest BCUT2D eigenvalue weighted by Gasteiger charge is 2.40. The molecule has 0 unspecified atom stereocenters. The summed E-state index contributed by atoms with van der Waals surface area (Å²) in [6, 6.07) is 24.1. The predicted molar refractivity (Wildman–Crippen MR) is 137 cm³/mol. The third-order valence-corrected chi connectivity index (χ3v) is 7.39. The lowest BCUT2D eigenvalue weighted by Gasteiger charge is -2.36. The van der Waals surface area contributed by atoms with Crippen molar-refractivity contribution in [2.45, 2.75) is 24.8 Å². The van der Waals surface area contributed by atoms with Crippen molar-refractivity contribution in [3.05, 3.63) is 101 Å². The van der Waals surface area contributed by atoms with Gasteiger partial charge in [0.1, 0.15) is 5.75 Å². The first-order valence-electron chi connectivity index (χ1n) is 11.9. The Bertz CT molecular complexity index is 1660. The topological polar surface area (TPSA) is 71.9 Å². The Morgan fingerprint density at radius 3 is 2.66 bits per heavy atom. The van der Waals surface area contributed by atoms with Crippen LogP contribution in [0.5, 0.6) is 5.75 Å². The molecule has 2 atom stereocenters. The van der Waals surface area contributed by atoms with Gasteiger partial charge in [-0.15, -0.1) is 0 Å². The maximum absolute atomic E-state index is 13.9. The lowest BCUT2D eigenvalue weighted by atomic mass is 9.77. The third kappa shape index (κ3) is 2.96. The first kappa shape index (κ1) is 20.1. The highest BCUT2D eigenvalue weighted by Crippen LogP contribution is 2.48. The zero-order valence-electron chi connectivity index (χ0n) is 19.3. The number of imidazole rings is 1. The summed E-state index contributed by atoms with van der Waals surface area (Å²) in [4.78, 5) is 22.3. The summed E-state index contributed by atoms with van der Waals surface area (Å²) in [6.07, 6.45) is 3.22. The normalized spacial score (nSPS) is 19.5. The van der Waals surface area contributed by atoms with E-state index in [0.717, 1.165) is 62.5 Å². The number of nitrogens with zero attached hydrogens (tertiary/aromatic N) is 2. The number of ether oxygens (including phenoxy) is 1. The summed E-state index contributed by atoms with van der Waals surface area (Å²) in [7, 11) is 1.68. The van der Waals surface area contributed by atoms with Gasteiger partial charge in [0, 0.05) is 46.3 Å². The van der Waals surface area contributed by atoms with E-state index in [-0.39, 0.29) is 17.7 Å². The van der Waals surface area contributed by atoms with Gasteiger partial charge in [0.2, 0.25) is 5.95 Å². The number of fused-ring (bicyclic) bond motifs is 4. The molecule has 2 N–H and O–H groups in total. The maximum Gasteiger partial charge on any atom is 0.209 e. The number of aromatic amines is 1. The fourth-order valence-corrected chi connectivity index (χ4v) is 5.86. The van der Waals surface area contributed by atoms with E-state index in [0.29, 0.717) is 6.42 Å². The number of nitrogens with one attached hydrogen (secondary N) is 2. The number of carbonyl (C=O) groups excluding carboxylic acids is 1. The highest BCUT2D eigenvalue weighted by molar-refractivity contribution is 6.02. The number of hydrogen-bond donors (Lipinski definition) is 2. The Morgan fingerprint density at radius 1 is 0.943 bits per heavy atom. The molecule has 1 aliphatic heterocycles. The maximum atomic E-state index is 13.9. The molecule has 6 heteroatoms. The fraction of sp³-hybridized carbons (Fsp3) is 0.172. The molecule has 172 valence electrons. The van der Waals surface area contributed by atoms with Gasteiger partial charge in [-0.3, -0.25) is 9.36 Å². The molecular formula is C29H24N4O2. The smallest absolute Gasteiger partial charge is 0.209 e. The summed E-state index contributed by atoms with van der Waals surface area (Å²) >= 11 is 0. The van der Waals surface area contributed by atoms with Gasteiger partial charge in [-0.25, -0.2) is 4.98 Å². The van der Waals surface area contributed by atoms with E-state index in [4.69, 9.17) is 9.72 Å². The molecule has 2 aliphatic rings. The average molecular weight is 461 g/mol. The minimum Gasteiger partial charge on any atom is -0.496 e. The van der Waals surface area contributed by atoms with Crippen LogP contribution >= 0.6 is 0 Å². The minimum absolute atomic E-state index is 0.0458. The van der Waals surface area contributed by atoms with E-state index in [9.17, 15) is 4.79 Å². The quantitative estimate of drug-likeness (QED) is 0.349. The number of para-hydroxylation sites is 4. The Balaban J connectivity index is 1.44. The van der Waals surface area contributed by atoms with Gasteiger partial charge >= 0.3 is 0 Å². The SMILES string of the molecule is COc1ccccc1[C@H]1CC(=O)C2=C(C1)Nc1nc3ccccc3n1[C@H]2c1c[nH]c2ccccc12. The van der Waals surface area contributed by atoms with Gasteiger partial charge in [-0.2, -0.15) is 0 Å². The van der Waals surface area contributed by atoms with Gasteiger partial charge in [0.25, 0.3) is 0 Å². The number of allylic oxidation sites excluding steroid dienone is 2. The third-order valence-electron chi connectivity index (χ3n) is 7.39. The molecule has 0 radical (unpaired) electrons. The lowest BCUT2D eigenvalue weighted by Crippen LogP contribution is -2.33. The fourth-order valence-electron chi connectivity index (χ4n) is 5.86. The molecule has 2 aromatic heterocycles. The number of carbonyl (C=O) groups is 1. The first-order valence-corrected chi connectivity index (χ1v) is 11.9. The van der Waals surface area contributed by atoms with Crippen LogP contribution in [0.25, 0.3) is 21.9 Å². The molecule has 7 rings (SSSR count). The van der Waals surface area contributed by atoms with Crippen LogP contribution in [0.3, 0.4) is 0 Å². The monoisotopic (exact) mass is 460 g/mol. The number of ketones is 1. The van der Waals surface area contributed by atoms with Crippen LogP contribution in [0.1, 0.15) is 35.9 Å². The van der Waals surface area contributed by atoms with E-state index in [2.05, 4.69) is 39.1 Å². The Labute approximate surface area is 202 Å². The Hall–Kier alpha value is -4.32. The molecule has 35 heavy (non-hydrogen) atoms. The Kier molecular flexibility index (Phi) is 4.36. The van der Waals surface area contributed by atoms with E-state index >= 15 is 0 Å². The van der Waals surface area contributed by atoms with Crippen LogP contribution in [0.15, 0.2) is 90.3 Å². The van der Waals surface area contributed by atoms with Gasteiger partial charge in [-0.05, 0) is 36.2 Å². The van der Waals surface area contributed by atoms with Gasteiger partial charge in [0.05, 0.1) is 24.2 Å². The summed E-state index contributed by atoms with van der Waals surface area (Å²) in [5, 5.41) is 4.68. The molecule has 0 saturated heterocycles. The van der Waals surface area contributed by atoms with Crippen molar-refractivity contribution >= 4 is 33.7 Å². The van der Waals surface area contributed by atoms with Crippen molar-refractivity contribution in [1.29, 1.82) is 0 Å². The molecule has 0 saturated carbocycles. The number of hydrogen-bond acceptors (Lipinski definition) is 4. The molecule has 3 aromatic carbocycles. The number of methoxy groups -OCH3 is 1. The van der Waals surface area contributed by atoms with Gasteiger partial charge in [0.15, 0.2) is 5.78 Å². The highest BCUT2D eigenvalue weighted by atomic mass is 16.5. The molecule has 0 spiro atoms. The lowest BCUT2D eigenvalue weighted by molar-refractivity contribution is -0.116. The standard InChI is InChI=1S/C29H24N4O2/c1-35-26-13-7-3-8-18(26)17-14-23-27(25(34)15-17)28(20-16-30-21-10-4-2-9-19(20)21)33-24-12-6-5-11-22(24)31-29(33)32-23/h2-13,16-17,28,30H,14-15H2,1H3,(H,31,32)/t17-,28+/m1/s1. The first-order chi connectivity index (χ1) is 17.2. The molecule has 3 heterocycles. The zero-order valence-corrected chi connectivity index (χ0v) is 19.3. The molecule has 0 amide bonds. The van der Waals surface area contributed by atoms with Crippen LogP contribution in [0.2, 0.25) is 0 Å².